The van der Waals surface area contributed by atoms with E-state index in [-0.39, 0.29) is 0 Å². The number of rotatable bonds is 2. The number of ether oxygens (including phenoxy) is 1. The minimum atomic E-state index is 0.567. The fourth-order valence-corrected chi connectivity index (χ4v) is 3.61. The van der Waals surface area contributed by atoms with Gasteiger partial charge in [0.2, 0.25) is 0 Å². The highest BCUT2D eigenvalue weighted by atomic mass is 35.5. The van der Waals surface area contributed by atoms with Crippen LogP contribution in [-0.4, -0.2) is 17.4 Å². The number of aliphatic imine (C=N–C) groups is 1. The molecule has 4 aromatic rings. The SMILES string of the molecule is COc1cccc2cc(C3=NCc4ccc(Cl)cc4-n4cccc43)oc12. The molecule has 128 valence electrons. The smallest absolute Gasteiger partial charge is 0.176 e. The largest absolute Gasteiger partial charge is 0.493 e. The molecule has 0 N–H and O–H groups in total. The molecule has 0 bridgehead atoms. The molecule has 5 rings (SSSR count). The van der Waals surface area contributed by atoms with Gasteiger partial charge in [-0.05, 0) is 42.0 Å². The van der Waals surface area contributed by atoms with Crippen LogP contribution in [0, 0.1) is 0 Å². The van der Waals surface area contributed by atoms with Crippen LogP contribution in [0.2, 0.25) is 5.02 Å². The van der Waals surface area contributed by atoms with Gasteiger partial charge in [-0.15, -0.1) is 0 Å². The summed E-state index contributed by atoms with van der Waals surface area (Å²) in [7, 11) is 1.64. The molecule has 0 spiro atoms. The van der Waals surface area contributed by atoms with E-state index in [1.54, 1.807) is 7.11 Å². The lowest BCUT2D eigenvalue weighted by atomic mass is 10.1. The summed E-state index contributed by atoms with van der Waals surface area (Å²) in [5.41, 5.74) is 4.70. The molecule has 0 saturated heterocycles. The first kappa shape index (κ1) is 15.3. The highest BCUT2D eigenvalue weighted by molar-refractivity contribution is 6.30. The van der Waals surface area contributed by atoms with E-state index < -0.39 is 0 Å². The van der Waals surface area contributed by atoms with Crippen LogP contribution in [0.5, 0.6) is 5.75 Å². The minimum Gasteiger partial charge on any atom is -0.493 e. The summed E-state index contributed by atoms with van der Waals surface area (Å²) in [6, 6.07) is 17.8. The number of hydrogen-bond donors (Lipinski definition) is 0. The standard InChI is InChI=1S/C21H15ClN2O2/c1-25-18-6-2-4-13-10-19(26-21(13)18)20-16-5-3-9-24(16)17-11-15(22)8-7-14(17)12-23-20/h2-11H,12H2,1H3. The van der Waals surface area contributed by atoms with Gasteiger partial charge in [0.15, 0.2) is 17.1 Å². The summed E-state index contributed by atoms with van der Waals surface area (Å²) in [5.74, 6) is 1.44. The summed E-state index contributed by atoms with van der Waals surface area (Å²) >= 11 is 6.22. The number of furan rings is 1. The first-order valence-electron chi connectivity index (χ1n) is 8.32. The fraction of sp³-hybridized carbons (Fsp3) is 0.0952. The Morgan fingerprint density at radius 2 is 2.04 bits per heavy atom. The number of methoxy groups -OCH3 is 1. The lowest BCUT2D eigenvalue weighted by Gasteiger charge is -2.10. The lowest BCUT2D eigenvalue weighted by molar-refractivity contribution is 0.410. The van der Waals surface area contributed by atoms with E-state index in [1.165, 1.54) is 0 Å². The molecule has 0 radical (unpaired) electrons. The van der Waals surface area contributed by atoms with Crippen LogP contribution in [0.15, 0.2) is 70.2 Å². The Bertz CT molecular complexity index is 1170. The van der Waals surface area contributed by atoms with E-state index in [0.717, 1.165) is 39.4 Å². The van der Waals surface area contributed by atoms with Crippen molar-refractivity contribution in [3.63, 3.8) is 0 Å². The van der Waals surface area contributed by atoms with Gasteiger partial charge in [0.1, 0.15) is 5.71 Å². The summed E-state index contributed by atoms with van der Waals surface area (Å²) < 4.78 is 13.7. The van der Waals surface area contributed by atoms with Crippen LogP contribution in [0.4, 0.5) is 0 Å². The third-order valence-electron chi connectivity index (χ3n) is 4.67. The Morgan fingerprint density at radius 3 is 2.92 bits per heavy atom. The number of aromatic nitrogens is 1. The van der Waals surface area contributed by atoms with Crippen LogP contribution < -0.4 is 4.74 Å². The third-order valence-corrected chi connectivity index (χ3v) is 4.90. The number of hydrogen-bond acceptors (Lipinski definition) is 3. The molecule has 0 aliphatic carbocycles. The molecular weight excluding hydrogens is 348 g/mol. The predicted octanol–water partition coefficient (Wildman–Crippen LogP) is 5.24. The summed E-state index contributed by atoms with van der Waals surface area (Å²) in [4.78, 5) is 4.85. The first-order chi connectivity index (χ1) is 12.7. The van der Waals surface area contributed by atoms with E-state index >= 15 is 0 Å². The van der Waals surface area contributed by atoms with Crippen molar-refractivity contribution in [3.8, 4) is 11.4 Å². The van der Waals surface area contributed by atoms with E-state index in [2.05, 4.69) is 4.57 Å². The highest BCUT2D eigenvalue weighted by Crippen LogP contribution is 2.32. The Morgan fingerprint density at radius 1 is 1.12 bits per heavy atom. The van der Waals surface area contributed by atoms with Crippen LogP contribution in [0.3, 0.4) is 0 Å². The molecule has 3 heterocycles. The van der Waals surface area contributed by atoms with Crippen molar-refractivity contribution < 1.29 is 9.15 Å². The molecule has 0 atom stereocenters. The summed E-state index contributed by atoms with van der Waals surface area (Å²) in [5, 5.41) is 1.70. The molecule has 1 aliphatic heterocycles. The fourth-order valence-electron chi connectivity index (χ4n) is 3.44. The van der Waals surface area contributed by atoms with Gasteiger partial charge in [-0.1, -0.05) is 29.8 Å². The second-order valence-corrected chi connectivity index (χ2v) is 6.63. The van der Waals surface area contributed by atoms with E-state index in [1.807, 2.05) is 60.8 Å². The maximum Gasteiger partial charge on any atom is 0.176 e. The van der Waals surface area contributed by atoms with Crippen LogP contribution in [0.1, 0.15) is 17.0 Å². The highest BCUT2D eigenvalue weighted by Gasteiger charge is 2.21. The van der Waals surface area contributed by atoms with Crippen LogP contribution in [0.25, 0.3) is 16.7 Å². The molecule has 1 aliphatic rings. The van der Waals surface area contributed by atoms with Gasteiger partial charge in [-0.25, -0.2) is 0 Å². The van der Waals surface area contributed by atoms with Crippen molar-refractivity contribution in [2.75, 3.05) is 7.11 Å². The normalized spacial score (nSPS) is 13.1. The third kappa shape index (κ3) is 2.26. The average Bonchev–Trinajstić information content (AvgIpc) is 3.27. The second kappa shape index (κ2) is 5.78. The van der Waals surface area contributed by atoms with Gasteiger partial charge in [0.05, 0.1) is 25.0 Å². The topological polar surface area (TPSA) is 39.7 Å². The average molecular weight is 363 g/mol. The van der Waals surface area contributed by atoms with Crippen molar-refractivity contribution in [2.45, 2.75) is 6.54 Å². The maximum atomic E-state index is 6.22. The van der Waals surface area contributed by atoms with Crippen molar-refractivity contribution in [2.24, 2.45) is 4.99 Å². The predicted molar refractivity (Wildman–Crippen MR) is 103 cm³/mol. The zero-order valence-electron chi connectivity index (χ0n) is 14.1. The molecule has 0 unspecified atom stereocenters. The molecule has 2 aromatic heterocycles. The summed E-state index contributed by atoms with van der Waals surface area (Å²) in [6.07, 6.45) is 2.02. The van der Waals surface area contributed by atoms with Crippen LogP contribution in [-0.2, 0) is 6.54 Å². The zero-order valence-corrected chi connectivity index (χ0v) is 14.8. The minimum absolute atomic E-state index is 0.567. The lowest BCUT2D eigenvalue weighted by Crippen LogP contribution is -2.07. The van der Waals surface area contributed by atoms with E-state index in [4.69, 9.17) is 25.7 Å². The summed E-state index contributed by atoms with van der Waals surface area (Å²) in [6.45, 7) is 0.567. The number of para-hydroxylation sites is 1. The quantitative estimate of drug-likeness (QED) is 0.489. The molecule has 0 amide bonds. The van der Waals surface area contributed by atoms with Gasteiger partial charge < -0.3 is 13.7 Å². The molecule has 0 fully saturated rings. The Kier molecular flexibility index (Phi) is 3.40. The van der Waals surface area contributed by atoms with Gasteiger partial charge >= 0.3 is 0 Å². The number of nitrogens with zero attached hydrogens (tertiary/aromatic N) is 2. The second-order valence-electron chi connectivity index (χ2n) is 6.19. The molecule has 4 nitrogen and oxygen atoms in total. The van der Waals surface area contributed by atoms with Gasteiger partial charge in [-0.3, -0.25) is 4.99 Å². The molecule has 26 heavy (non-hydrogen) atoms. The zero-order chi connectivity index (χ0) is 17.7. The maximum absolute atomic E-state index is 6.22. The van der Waals surface area contributed by atoms with E-state index in [9.17, 15) is 0 Å². The molecule has 0 saturated carbocycles. The number of halogens is 1. The number of benzene rings is 2. The van der Waals surface area contributed by atoms with E-state index in [0.29, 0.717) is 17.3 Å². The van der Waals surface area contributed by atoms with Crippen molar-refractivity contribution in [1.82, 2.24) is 4.57 Å². The van der Waals surface area contributed by atoms with Crippen molar-refractivity contribution in [3.05, 3.63) is 82.8 Å². The number of fused-ring (bicyclic) bond motifs is 4. The van der Waals surface area contributed by atoms with Crippen molar-refractivity contribution in [1.29, 1.82) is 0 Å². The van der Waals surface area contributed by atoms with Gasteiger partial charge in [-0.2, -0.15) is 0 Å². The van der Waals surface area contributed by atoms with Crippen LogP contribution >= 0.6 is 11.6 Å². The van der Waals surface area contributed by atoms with Crippen molar-refractivity contribution >= 4 is 28.3 Å². The first-order valence-corrected chi connectivity index (χ1v) is 8.70. The van der Waals surface area contributed by atoms with Gasteiger partial charge in [0, 0.05) is 16.6 Å². The van der Waals surface area contributed by atoms with Gasteiger partial charge in [0.25, 0.3) is 0 Å². The molecule has 2 aromatic carbocycles. The Balaban J connectivity index is 1.71. The Hall–Kier alpha value is -2.98. The monoisotopic (exact) mass is 362 g/mol. The molecular formula is C21H15ClN2O2. The Labute approximate surface area is 155 Å². The molecule has 5 heteroatoms.